The van der Waals surface area contributed by atoms with Crippen LogP contribution in [0.4, 0.5) is 4.39 Å². The third-order valence-corrected chi connectivity index (χ3v) is 1.91. The molecule has 0 aliphatic heterocycles. The summed E-state index contributed by atoms with van der Waals surface area (Å²) < 4.78 is 18.1. The number of benzene rings is 1. The minimum absolute atomic E-state index is 0.234. The van der Waals surface area contributed by atoms with E-state index in [4.69, 9.17) is 10.6 Å². The second-order valence-electron chi connectivity index (χ2n) is 2.98. The van der Waals surface area contributed by atoms with Gasteiger partial charge in [-0.3, -0.25) is 0 Å². The topological polar surface area (TPSA) is 44.5 Å². The first kappa shape index (κ1) is 11.1. The van der Waals surface area contributed by atoms with Gasteiger partial charge in [-0.05, 0) is 17.2 Å². The van der Waals surface area contributed by atoms with Crippen LogP contribution in [0, 0.1) is 5.82 Å². The van der Waals surface area contributed by atoms with Gasteiger partial charge < -0.3 is 9.57 Å². The fourth-order valence-corrected chi connectivity index (χ4v) is 1.24. The Labute approximate surface area is 82.6 Å². The van der Waals surface area contributed by atoms with E-state index in [1.807, 2.05) is 0 Å². The van der Waals surface area contributed by atoms with Crippen LogP contribution >= 0.6 is 0 Å². The Morgan fingerprint density at radius 2 is 2.21 bits per heavy atom. The molecule has 0 saturated heterocycles. The molecule has 14 heavy (non-hydrogen) atoms. The molecule has 0 atom stereocenters. The van der Waals surface area contributed by atoms with Gasteiger partial charge in [0.15, 0.2) is 0 Å². The summed E-state index contributed by atoms with van der Waals surface area (Å²) >= 11 is 0. The van der Waals surface area contributed by atoms with E-state index in [1.165, 1.54) is 6.07 Å². The molecule has 0 saturated carbocycles. The van der Waals surface area contributed by atoms with E-state index >= 15 is 0 Å². The van der Waals surface area contributed by atoms with Gasteiger partial charge in [0.1, 0.15) is 5.82 Å². The SMILES string of the molecule is COCc1ccc(F)c(CCON)c1. The quantitative estimate of drug-likeness (QED) is 0.729. The maximum absolute atomic E-state index is 13.2. The molecule has 1 rings (SSSR count). The lowest BCUT2D eigenvalue weighted by atomic mass is 10.1. The van der Waals surface area contributed by atoms with Crippen LogP contribution in [-0.4, -0.2) is 13.7 Å². The average molecular weight is 199 g/mol. The Balaban J connectivity index is 2.74. The van der Waals surface area contributed by atoms with Crippen molar-refractivity contribution in [1.29, 1.82) is 0 Å². The van der Waals surface area contributed by atoms with Crippen LogP contribution in [0.5, 0.6) is 0 Å². The van der Waals surface area contributed by atoms with Crippen LogP contribution in [0.1, 0.15) is 11.1 Å². The van der Waals surface area contributed by atoms with E-state index in [1.54, 1.807) is 19.2 Å². The van der Waals surface area contributed by atoms with Crippen LogP contribution < -0.4 is 5.90 Å². The smallest absolute Gasteiger partial charge is 0.126 e. The molecule has 0 amide bonds. The van der Waals surface area contributed by atoms with Gasteiger partial charge in [0.25, 0.3) is 0 Å². The first-order valence-corrected chi connectivity index (χ1v) is 4.36. The van der Waals surface area contributed by atoms with Gasteiger partial charge in [-0.15, -0.1) is 0 Å². The van der Waals surface area contributed by atoms with Crippen molar-refractivity contribution < 1.29 is 14.0 Å². The highest BCUT2D eigenvalue weighted by molar-refractivity contribution is 5.24. The molecule has 1 aromatic carbocycles. The van der Waals surface area contributed by atoms with Crippen molar-refractivity contribution in [2.45, 2.75) is 13.0 Å². The predicted molar refractivity (Wildman–Crippen MR) is 51.0 cm³/mol. The van der Waals surface area contributed by atoms with Crippen molar-refractivity contribution in [3.63, 3.8) is 0 Å². The molecule has 0 bridgehead atoms. The molecular formula is C10H14FNO2. The highest BCUT2D eigenvalue weighted by atomic mass is 19.1. The van der Waals surface area contributed by atoms with Crippen LogP contribution in [0.3, 0.4) is 0 Å². The molecule has 0 aliphatic rings. The van der Waals surface area contributed by atoms with E-state index in [-0.39, 0.29) is 5.82 Å². The van der Waals surface area contributed by atoms with E-state index in [0.29, 0.717) is 25.2 Å². The largest absolute Gasteiger partial charge is 0.380 e. The Morgan fingerprint density at radius 3 is 2.86 bits per heavy atom. The first-order valence-electron chi connectivity index (χ1n) is 4.36. The van der Waals surface area contributed by atoms with Gasteiger partial charge in [-0.2, -0.15) is 0 Å². The molecule has 0 aromatic heterocycles. The third-order valence-electron chi connectivity index (χ3n) is 1.91. The fourth-order valence-electron chi connectivity index (χ4n) is 1.24. The van der Waals surface area contributed by atoms with Crippen LogP contribution in [-0.2, 0) is 22.6 Å². The molecule has 4 heteroatoms. The number of halogens is 1. The van der Waals surface area contributed by atoms with Gasteiger partial charge >= 0.3 is 0 Å². The summed E-state index contributed by atoms with van der Waals surface area (Å²) in [6, 6.07) is 4.89. The molecule has 0 unspecified atom stereocenters. The molecule has 3 nitrogen and oxygen atoms in total. The number of ether oxygens (including phenoxy) is 1. The number of hydrogen-bond donors (Lipinski definition) is 1. The Hall–Kier alpha value is -0.970. The molecule has 78 valence electrons. The van der Waals surface area contributed by atoms with Gasteiger partial charge in [0, 0.05) is 13.5 Å². The summed E-state index contributed by atoms with van der Waals surface area (Å²) in [5.41, 5.74) is 1.55. The molecule has 0 radical (unpaired) electrons. The summed E-state index contributed by atoms with van der Waals surface area (Å²) in [5.74, 6) is 4.64. The lowest BCUT2D eigenvalue weighted by Crippen LogP contribution is -2.05. The second-order valence-corrected chi connectivity index (χ2v) is 2.98. The van der Waals surface area contributed by atoms with E-state index < -0.39 is 0 Å². The maximum atomic E-state index is 13.2. The monoisotopic (exact) mass is 199 g/mol. The predicted octanol–water partition coefficient (Wildman–Crippen LogP) is 1.40. The zero-order chi connectivity index (χ0) is 10.4. The third kappa shape index (κ3) is 3.06. The minimum atomic E-state index is -0.234. The normalized spacial score (nSPS) is 10.5. The first-order chi connectivity index (χ1) is 6.77. The lowest BCUT2D eigenvalue weighted by Gasteiger charge is -2.05. The second kappa shape index (κ2) is 5.70. The average Bonchev–Trinajstić information content (AvgIpc) is 2.19. The lowest BCUT2D eigenvalue weighted by molar-refractivity contribution is 0.140. The van der Waals surface area contributed by atoms with Crippen molar-refractivity contribution in [3.05, 3.63) is 35.1 Å². The molecule has 0 heterocycles. The number of hydrogen-bond acceptors (Lipinski definition) is 3. The van der Waals surface area contributed by atoms with Crippen LogP contribution in [0.2, 0.25) is 0 Å². The Morgan fingerprint density at radius 1 is 1.43 bits per heavy atom. The summed E-state index contributed by atoms with van der Waals surface area (Å²) in [6.07, 6.45) is 0.472. The van der Waals surface area contributed by atoms with E-state index in [9.17, 15) is 4.39 Å². The van der Waals surface area contributed by atoms with Gasteiger partial charge in [0.2, 0.25) is 0 Å². The molecule has 0 fully saturated rings. The Bertz CT molecular complexity index is 291. The van der Waals surface area contributed by atoms with Crippen molar-refractivity contribution >= 4 is 0 Å². The van der Waals surface area contributed by atoms with Gasteiger partial charge in [-0.1, -0.05) is 12.1 Å². The molecule has 2 N–H and O–H groups in total. The van der Waals surface area contributed by atoms with Crippen molar-refractivity contribution in [3.8, 4) is 0 Å². The molecule has 1 aromatic rings. The number of nitrogens with two attached hydrogens (primary N) is 1. The maximum Gasteiger partial charge on any atom is 0.126 e. The van der Waals surface area contributed by atoms with Gasteiger partial charge in [0.05, 0.1) is 13.2 Å². The molecule has 0 spiro atoms. The zero-order valence-corrected chi connectivity index (χ0v) is 8.13. The number of rotatable bonds is 5. The highest BCUT2D eigenvalue weighted by Crippen LogP contribution is 2.12. The fraction of sp³-hybridized carbons (Fsp3) is 0.400. The minimum Gasteiger partial charge on any atom is -0.380 e. The standard InChI is InChI=1S/C10H14FNO2/c1-13-7-8-2-3-10(11)9(6-8)4-5-14-12/h2-3,6H,4-5,7,12H2,1H3. The summed E-state index contributed by atoms with van der Waals surface area (Å²) in [4.78, 5) is 4.40. The zero-order valence-electron chi connectivity index (χ0n) is 8.13. The molecule has 0 aliphatic carbocycles. The van der Waals surface area contributed by atoms with E-state index in [0.717, 1.165) is 5.56 Å². The van der Waals surface area contributed by atoms with Crippen molar-refractivity contribution in [2.75, 3.05) is 13.7 Å². The number of methoxy groups -OCH3 is 1. The molecular weight excluding hydrogens is 185 g/mol. The highest BCUT2D eigenvalue weighted by Gasteiger charge is 2.03. The van der Waals surface area contributed by atoms with Crippen LogP contribution in [0.15, 0.2) is 18.2 Å². The Kier molecular flexibility index (Phi) is 4.52. The summed E-state index contributed by atoms with van der Waals surface area (Å²) in [5, 5.41) is 0. The summed E-state index contributed by atoms with van der Waals surface area (Å²) in [7, 11) is 1.60. The van der Waals surface area contributed by atoms with Gasteiger partial charge in [-0.25, -0.2) is 10.3 Å². The van der Waals surface area contributed by atoms with E-state index in [2.05, 4.69) is 4.84 Å². The van der Waals surface area contributed by atoms with Crippen molar-refractivity contribution in [1.82, 2.24) is 0 Å². The summed E-state index contributed by atoms with van der Waals surface area (Å²) in [6.45, 7) is 0.796. The van der Waals surface area contributed by atoms with Crippen LogP contribution in [0.25, 0.3) is 0 Å². The van der Waals surface area contributed by atoms with Crippen molar-refractivity contribution in [2.24, 2.45) is 5.90 Å².